The summed E-state index contributed by atoms with van der Waals surface area (Å²) < 4.78 is 11.1. The van der Waals surface area contributed by atoms with Gasteiger partial charge in [-0.15, -0.1) is 0 Å². The van der Waals surface area contributed by atoms with E-state index in [0.717, 1.165) is 25.4 Å². The van der Waals surface area contributed by atoms with E-state index in [1.54, 1.807) is 7.11 Å². The topological polar surface area (TPSA) is 30.5 Å². The van der Waals surface area contributed by atoms with E-state index >= 15 is 0 Å². The van der Waals surface area contributed by atoms with Crippen molar-refractivity contribution in [3.63, 3.8) is 0 Å². The highest BCUT2D eigenvalue weighted by molar-refractivity contribution is 4.96. The lowest BCUT2D eigenvalue weighted by molar-refractivity contribution is -0.133. The lowest BCUT2D eigenvalue weighted by atomic mass is 9.85. The van der Waals surface area contributed by atoms with Crippen LogP contribution in [-0.2, 0) is 9.47 Å². The van der Waals surface area contributed by atoms with Gasteiger partial charge in [-0.05, 0) is 25.8 Å². The molecule has 1 rings (SSSR count). The van der Waals surface area contributed by atoms with Gasteiger partial charge in [0.1, 0.15) is 0 Å². The van der Waals surface area contributed by atoms with Crippen molar-refractivity contribution in [1.29, 1.82) is 0 Å². The molecule has 0 aliphatic heterocycles. The van der Waals surface area contributed by atoms with Crippen LogP contribution in [0, 0.1) is 5.92 Å². The van der Waals surface area contributed by atoms with Crippen LogP contribution < -0.4 is 5.32 Å². The number of rotatable bonds is 6. The average molecular weight is 201 g/mol. The van der Waals surface area contributed by atoms with Crippen LogP contribution in [0.4, 0.5) is 0 Å². The summed E-state index contributed by atoms with van der Waals surface area (Å²) in [7, 11) is 3.73. The number of likely N-dealkylation sites (N-methyl/N-ethyl adjacent to an activating group) is 1. The second-order valence-electron chi connectivity index (χ2n) is 4.42. The fourth-order valence-corrected chi connectivity index (χ4v) is 1.80. The van der Waals surface area contributed by atoms with Gasteiger partial charge in [0.25, 0.3) is 0 Å². The fraction of sp³-hybridized carbons (Fsp3) is 1.00. The first-order valence-corrected chi connectivity index (χ1v) is 5.50. The van der Waals surface area contributed by atoms with Crippen molar-refractivity contribution in [2.45, 2.75) is 44.9 Å². The normalized spacial score (nSPS) is 31.9. The highest BCUT2D eigenvalue weighted by Gasteiger charge is 2.41. The Hall–Kier alpha value is -0.120. The molecule has 0 aromatic rings. The standard InChI is InChI=1S/C11H23NO2/c1-8(2)5-6-14-10-7-9(12-3)11(10)13-4/h8-12H,5-7H2,1-4H3. The number of methoxy groups -OCH3 is 1. The second-order valence-corrected chi connectivity index (χ2v) is 4.42. The molecule has 84 valence electrons. The molecule has 0 radical (unpaired) electrons. The Morgan fingerprint density at radius 2 is 2.14 bits per heavy atom. The fourth-order valence-electron chi connectivity index (χ4n) is 1.80. The van der Waals surface area contributed by atoms with Crippen LogP contribution in [0.15, 0.2) is 0 Å². The first-order chi connectivity index (χ1) is 6.69. The van der Waals surface area contributed by atoms with Crippen molar-refractivity contribution in [3.8, 4) is 0 Å². The van der Waals surface area contributed by atoms with E-state index in [1.807, 2.05) is 7.05 Å². The predicted molar refractivity (Wildman–Crippen MR) is 57.5 cm³/mol. The summed E-state index contributed by atoms with van der Waals surface area (Å²) in [5.74, 6) is 0.719. The lowest BCUT2D eigenvalue weighted by Gasteiger charge is -2.43. The Kier molecular flexibility index (Phi) is 4.85. The van der Waals surface area contributed by atoms with E-state index in [9.17, 15) is 0 Å². The summed E-state index contributed by atoms with van der Waals surface area (Å²) in [5, 5.41) is 3.23. The molecule has 3 atom stereocenters. The zero-order valence-corrected chi connectivity index (χ0v) is 9.75. The Bertz CT molecular complexity index is 161. The van der Waals surface area contributed by atoms with E-state index in [4.69, 9.17) is 9.47 Å². The molecule has 3 nitrogen and oxygen atoms in total. The van der Waals surface area contributed by atoms with Gasteiger partial charge in [0.05, 0.1) is 12.2 Å². The summed E-state index contributed by atoms with van der Waals surface area (Å²) >= 11 is 0. The number of hydrogen-bond acceptors (Lipinski definition) is 3. The Labute approximate surface area is 87.2 Å². The molecule has 3 unspecified atom stereocenters. The number of hydrogen-bond donors (Lipinski definition) is 1. The summed E-state index contributed by atoms with van der Waals surface area (Å²) in [6.45, 7) is 5.29. The number of nitrogens with one attached hydrogen (secondary N) is 1. The van der Waals surface area contributed by atoms with E-state index in [-0.39, 0.29) is 6.10 Å². The molecule has 0 bridgehead atoms. The molecule has 3 heteroatoms. The van der Waals surface area contributed by atoms with Crippen LogP contribution in [0.5, 0.6) is 0 Å². The Morgan fingerprint density at radius 3 is 2.64 bits per heavy atom. The average Bonchev–Trinajstić information content (AvgIpc) is 2.10. The van der Waals surface area contributed by atoms with E-state index < -0.39 is 0 Å². The van der Waals surface area contributed by atoms with E-state index in [2.05, 4.69) is 19.2 Å². The zero-order chi connectivity index (χ0) is 10.6. The smallest absolute Gasteiger partial charge is 0.0986 e. The van der Waals surface area contributed by atoms with Gasteiger partial charge >= 0.3 is 0 Å². The van der Waals surface area contributed by atoms with Crippen LogP contribution in [0.25, 0.3) is 0 Å². The van der Waals surface area contributed by atoms with Crippen LogP contribution in [0.3, 0.4) is 0 Å². The van der Waals surface area contributed by atoms with Gasteiger partial charge in [0.2, 0.25) is 0 Å². The first kappa shape index (κ1) is 12.0. The van der Waals surface area contributed by atoms with E-state index in [1.165, 1.54) is 0 Å². The summed E-state index contributed by atoms with van der Waals surface area (Å²) in [4.78, 5) is 0. The maximum Gasteiger partial charge on any atom is 0.0986 e. The molecule has 1 N–H and O–H groups in total. The molecule has 0 aromatic heterocycles. The third-order valence-corrected chi connectivity index (χ3v) is 2.92. The Morgan fingerprint density at radius 1 is 1.43 bits per heavy atom. The third-order valence-electron chi connectivity index (χ3n) is 2.92. The summed E-state index contributed by atoms with van der Waals surface area (Å²) in [5.41, 5.74) is 0. The predicted octanol–water partition coefficient (Wildman–Crippen LogP) is 1.42. The minimum atomic E-state index is 0.243. The van der Waals surface area contributed by atoms with Crippen LogP contribution in [0.1, 0.15) is 26.7 Å². The molecule has 0 heterocycles. The van der Waals surface area contributed by atoms with Gasteiger partial charge in [-0.25, -0.2) is 0 Å². The highest BCUT2D eigenvalue weighted by Crippen LogP contribution is 2.26. The number of ether oxygens (including phenoxy) is 2. The molecule has 1 saturated carbocycles. The maximum absolute atomic E-state index is 5.76. The van der Waals surface area contributed by atoms with Gasteiger partial charge in [-0.3, -0.25) is 0 Å². The van der Waals surface area contributed by atoms with Gasteiger partial charge in [-0.2, -0.15) is 0 Å². The van der Waals surface area contributed by atoms with E-state index in [0.29, 0.717) is 12.1 Å². The zero-order valence-electron chi connectivity index (χ0n) is 9.75. The minimum absolute atomic E-state index is 0.243. The monoisotopic (exact) mass is 201 g/mol. The molecule has 0 saturated heterocycles. The SMILES string of the molecule is CNC1CC(OCCC(C)C)C1OC. The molecule has 0 spiro atoms. The molecule has 0 amide bonds. The van der Waals surface area contributed by atoms with Crippen molar-refractivity contribution < 1.29 is 9.47 Å². The van der Waals surface area contributed by atoms with Crippen LogP contribution >= 0.6 is 0 Å². The molecular weight excluding hydrogens is 178 g/mol. The first-order valence-electron chi connectivity index (χ1n) is 5.50. The summed E-state index contributed by atoms with van der Waals surface area (Å²) in [6.07, 6.45) is 2.76. The van der Waals surface area contributed by atoms with Crippen molar-refractivity contribution in [3.05, 3.63) is 0 Å². The van der Waals surface area contributed by atoms with Crippen molar-refractivity contribution in [2.24, 2.45) is 5.92 Å². The second kappa shape index (κ2) is 5.69. The molecule has 0 aromatic carbocycles. The van der Waals surface area contributed by atoms with Crippen molar-refractivity contribution in [1.82, 2.24) is 5.32 Å². The molecule has 1 fully saturated rings. The molecule has 1 aliphatic carbocycles. The molecule has 1 aliphatic rings. The summed E-state index contributed by atoms with van der Waals surface area (Å²) in [6, 6.07) is 0.476. The highest BCUT2D eigenvalue weighted by atomic mass is 16.5. The molecule has 14 heavy (non-hydrogen) atoms. The Balaban J connectivity index is 2.14. The van der Waals surface area contributed by atoms with Gasteiger partial charge in [0, 0.05) is 19.8 Å². The lowest BCUT2D eigenvalue weighted by Crippen LogP contribution is -2.58. The van der Waals surface area contributed by atoms with Crippen molar-refractivity contribution >= 4 is 0 Å². The largest absolute Gasteiger partial charge is 0.377 e. The van der Waals surface area contributed by atoms with Gasteiger partial charge in [-0.1, -0.05) is 13.8 Å². The van der Waals surface area contributed by atoms with Crippen molar-refractivity contribution in [2.75, 3.05) is 20.8 Å². The maximum atomic E-state index is 5.76. The third kappa shape index (κ3) is 2.94. The minimum Gasteiger partial charge on any atom is -0.377 e. The van der Waals surface area contributed by atoms with Gasteiger partial charge in [0.15, 0.2) is 0 Å². The van der Waals surface area contributed by atoms with Crippen LogP contribution in [0.2, 0.25) is 0 Å². The van der Waals surface area contributed by atoms with Gasteiger partial charge < -0.3 is 14.8 Å². The quantitative estimate of drug-likeness (QED) is 0.705. The molecular formula is C11H23NO2. The van der Waals surface area contributed by atoms with Crippen LogP contribution in [-0.4, -0.2) is 39.0 Å².